The van der Waals surface area contributed by atoms with Crippen LogP contribution in [-0.4, -0.2) is 16.7 Å². The maximum Gasteiger partial charge on any atom is 0.262 e. The summed E-state index contributed by atoms with van der Waals surface area (Å²) in [4.78, 5) is 15.3. The highest BCUT2D eigenvalue weighted by atomic mass is 32.1. The van der Waals surface area contributed by atoms with Gasteiger partial charge in [0.2, 0.25) is 0 Å². The number of unbranched alkanes of at least 4 members (excludes halogenated alkanes) is 1. The van der Waals surface area contributed by atoms with E-state index in [0.717, 1.165) is 5.52 Å². The number of hydrogen-bond donors (Lipinski definition) is 1. The van der Waals surface area contributed by atoms with Crippen LogP contribution in [0.1, 0.15) is 12.8 Å². The molecule has 4 nitrogen and oxygen atoms in total. The average Bonchev–Trinajstić information content (AvgIpc) is 2.38. The first-order valence-electron chi connectivity index (χ1n) is 5.68. The lowest BCUT2D eigenvalue weighted by Gasteiger charge is -2.08. The minimum absolute atomic E-state index is 0.110. The van der Waals surface area contributed by atoms with E-state index in [9.17, 15) is 4.79 Å². The Hall–Kier alpha value is -1.62. The van der Waals surface area contributed by atoms with Crippen molar-refractivity contribution in [1.29, 1.82) is 0 Å². The molecule has 1 heterocycles. The smallest absolute Gasteiger partial charge is 0.262 e. The van der Waals surface area contributed by atoms with Crippen LogP contribution in [0.5, 0.6) is 5.75 Å². The van der Waals surface area contributed by atoms with Crippen molar-refractivity contribution >= 4 is 23.1 Å². The number of ether oxygens (including phenoxy) is 1. The third-order valence-corrected chi connectivity index (χ3v) is 3.10. The van der Waals surface area contributed by atoms with E-state index in [-0.39, 0.29) is 5.56 Å². The van der Waals surface area contributed by atoms with Crippen molar-refractivity contribution in [3.05, 3.63) is 40.2 Å². The standard InChI is InChI=1S/C13H14N2O2S/c1-3-4-7-15-12(16)10-8-9(17-2)5-6-11(10)14-13(15)18/h1,5-6,8H,3-4,7H2,2H3,(H,14,18). The van der Waals surface area contributed by atoms with Gasteiger partial charge in [-0.2, -0.15) is 0 Å². The molecule has 0 bridgehead atoms. The number of methoxy groups -OCH3 is 1. The molecular weight excluding hydrogens is 248 g/mol. The number of fused-ring (bicyclic) bond motifs is 1. The van der Waals surface area contributed by atoms with E-state index in [1.807, 2.05) is 0 Å². The molecule has 18 heavy (non-hydrogen) atoms. The molecule has 0 aliphatic heterocycles. The summed E-state index contributed by atoms with van der Waals surface area (Å²) in [6.07, 6.45) is 1.24. The highest BCUT2D eigenvalue weighted by molar-refractivity contribution is 7.71. The van der Waals surface area contributed by atoms with E-state index in [2.05, 4.69) is 4.98 Å². The Balaban J connectivity index is 2.66. The first-order valence-corrected chi connectivity index (χ1v) is 6.09. The number of nitrogens with one attached hydrogen (secondary N) is 1. The molecule has 0 amide bonds. The van der Waals surface area contributed by atoms with Crippen LogP contribution < -0.4 is 10.3 Å². The lowest BCUT2D eigenvalue weighted by atomic mass is 10.2. The van der Waals surface area contributed by atoms with Gasteiger partial charge in [0.25, 0.3) is 5.56 Å². The van der Waals surface area contributed by atoms with Gasteiger partial charge in [-0.3, -0.25) is 9.36 Å². The van der Waals surface area contributed by atoms with Gasteiger partial charge in [-0.15, -0.1) is 0 Å². The molecule has 2 aromatic rings. The van der Waals surface area contributed by atoms with Crippen molar-refractivity contribution in [3.63, 3.8) is 0 Å². The Morgan fingerprint density at radius 3 is 2.94 bits per heavy atom. The summed E-state index contributed by atoms with van der Waals surface area (Å²) in [5, 5.41) is 0.569. The van der Waals surface area contributed by atoms with Gasteiger partial charge < -0.3 is 9.72 Å². The van der Waals surface area contributed by atoms with Crippen LogP contribution in [0.25, 0.3) is 10.9 Å². The van der Waals surface area contributed by atoms with E-state index < -0.39 is 0 Å². The van der Waals surface area contributed by atoms with Gasteiger partial charge in [0.1, 0.15) is 5.75 Å². The highest BCUT2D eigenvalue weighted by Gasteiger charge is 2.06. The monoisotopic (exact) mass is 262 g/mol. The van der Waals surface area contributed by atoms with E-state index in [1.54, 1.807) is 25.3 Å². The van der Waals surface area contributed by atoms with Crippen LogP contribution in [0.2, 0.25) is 0 Å². The molecule has 0 aliphatic rings. The fraction of sp³-hybridized carbons (Fsp3) is 0.308. The number of rotatable bonds is 4. The summed E-state index contributed by atoms with van der Waals surface area (Å²) in [5.41, 5.74) is 0.607. The second kappa shape index (κ2) is 5.35. The molecule has 0 atom stereocenters. The quantitative estimate of drug-likeness (QED) is 0.861. The second-order valence-corrected chi connectivity index (χ2v) is 4.33. The molecule has 0 saturated carbocycles. The summed E-state index contributed by atoms with van der Waals surface area (Å²) >= 11 is 5.18. The second-order valence-electron chi connectivity index (χ2n) is 3.94. The molecule has 0 unspecified atom stereocenters. The van der Waals surface area contributed by atoms with E-state index in [1.165, 1.54) is 4.57 Å². The zero-order valence-corrected chi connectivity index (χ0v) is 10.9. The molecule has 0 fully saturated rings. The predicted molar refractivity (Wildman–Crippen MR) is 73.5 cm³/mol. The largest absolute Gasteiger partial charge is 0.497 e. The Bertz CT molecular complexity index is 673. The Morgan fingerprint density at radius 2 is 2.28 bits per heavy atom. The summed E-state index contributed by atoms with van der Waals surface area (Å²) in [7, 11) is 1.57. The summed E-state index contributed by atoms with van der Waals surface area (Å²) in [5.74, 6) is 0.649. The minimum Gasteiger partial charge on any atom is -0.497 e. The molecule has 1 N–H and O–H groups in total. The number of nitrogens with zero attached hydrogens (tertiary/aromatic N) is 1. The molecule has 0 saturated heterocycles. The fourth-order valence-electron chi connectivity index (χ4n) is 1.81. The third kappa shape index (κ3) is 2.31. The van der Waals surface area contributed by atoms with Crippen molar-refractivity contribution in [2.75, 3.05) is 7.11 Å². The van der Waals surface area contributed by atoms with Gasteiger partial charge in [0.05, 0.1) is 18.0 Å². The third-order valence-electron chi connectivity index (χ3n) is 2.77. The summed E-state index contributed by atoms with van der Waals surface area (Å²) in [6.45, 7) is 5.98. The van der Waals surface area contributed by atoms with E-state index in [4.69, 9.17) is 23.9 Å². The number of aromatic nitrogens is 2. The number of hydrogen-bond acceptors (Lipinski definition) is 3. The Labute approximate surface area is 110 Å². The van der Waals surface area contributed by atoms with Crippen molar-refractivity contribution in [2.45, 2.75) is 19.4 Å². The topological polar surface area (TPSA) is 47.0 Å². The van der Waals surface area contributed by atoms with Crippen LogP contribution in [-0.2, 0) is 6.54 Å². The van der Waals surface area contributed by atoms with Crippen molar-refractivity contribution in [3.8, 4) is 5.75 Å². The minimum atomic E-state index is -0.110. The molecular formula is C13H14N2O2S. The van der Waals surface area contributed by atoms with Gasteiger partial charge in [-0.05, 0) is 50.2 Å². The zero-order chi connectivity index (χ0) is 13.1. The highest BCUT2D eigenvalue weighted by Crippen LogP contribution is 2.16. The number of H-pyrrole nitrogens is 1. The van der Waals surface area contributed by atoms with Crippen LogP contribution in [0.15, 0.2) is 23.0 Å². The fourth-order valence-corrected chi connectivity index (χ4v) is 2.09. The normalized spacial score (nSPS) is 10.8. The maximum atomic E-state index is 12.3. The number of aromatic amines is 1. The molecule has 1 aromatic carbocycles. The molecule has 1 aromatic heterocycles. The van der Waals surface area contributed by atoms with Crippen LogP contribution in [0.4, 0.5) is 0 Å². The molecule has 94 valence electrons. The number of benzene rings is 1. The van der Waals surface area contributed by atoms with Gasteiger partial charge in [-0.25, -0.2) is 0 Å². The van der Waals surface area contributed by atoms with Gasteiger partial charge >= 0.3 is 0 Å². The van der Waals surface area contributed by atoms with Crippen LogP contribution >= 0.6 is 12.2 Å². The lowest BCUT2D eigenvalue weighted by molar-refractivity contribution is 0.415. The Morgan fingerprint density at radius 1 is 1.50 bits per heavy atom. The molecule has 2 rings (SSSR count). The van der Waals surface area contributed by atoms with Crippen molar-refractivity contribution in [2.24, 2.45) is 0 Å². The zero-order valence-electron chi connectivity index (χ0n) is 10.1. The summed E-state index contributed by atoms with van der Waals surface area (Å²) in [6, 6.07) is 5.29. The molecule has 5 heteroatoms. The van der Waals surface area contributed by atoms with E-state index >= 15 is 0 Å². The van der Waals surface area contributed by atoms with Gasteiger partial charge in [0, 0.05) is 6.54 Å². The predicted octanol–water partition coefficient (Wildman–Crippen LogP) is 2.56. The molecule has 0 spiro atoms. The van der Waals surface area contributed by atoms with Crippen molar-refractivity contribution in [1.82, 2.24) is 9.55 Å². The van der Waals surface area contributed by atoms with Crippen LogP contribution in [0, 0.1) is 11.7 Å². The molecule has 0 aliphatic carbocycles. The lowest BCUT2D eigenvalue weighted by Crippen LogP contribution is -2.22. The average molecular weight is 262 g/mol. The van der Waals surface area contributed by atoms with Gasteiger partial charge in [-0.1, -0.05) is 0 Å². The first-order chi connectivity index (χ1) is 8.67. The van der Waals surface area contributed by atoms with Crippen LogP contribution in [0.3, 0.4) is 0 Å². The summed E-state index contributed by atoms with van der Waals surface area (Å²) < 4.78 is 7.07. The Kier molecular flexibility index (Phi) is 3.81. The SMILES string of the molecule is [CH]CCCn1c(=S)[nH]c2ccc(OC)cc2c1=O. The molecule has 2 radical (unpaired) electrons. The van der Waals surface area contributed by atoms with E-state index in [0.29, 0.717) is 35.3 Å². The van der Waals surface area contributed by atoms with Gasteiger partial charge in [0.15, 0.2) is 4.77 Å². The maximum absolute atomic E-state index is 12.3. The first kappa shape index (κ1) is 12.8. The van der Waals surface area contributed by atoms with Crippen molar-refractivity contribution < 1.29 is 4.74 Å².